The Labute approximate surface area is 105 Å². The number of anilines is 1. The van der Waals surface area contributed by atoms with Gasteiger partial charge < -0.3 is 9.47 Å². The highest BCUT2D eigenvalue weighted by Crippen LogP contribution is 2.32. The number of hydrogen-bond acceptors (Lipinski definition) is 4. The molecule has 1 aliphatic heterocycles. The molecule has 0 aromatic heterocycles. The van der Waals surface area contributed by atoms with Gasteiger partial charge in [0.2, 0.25) is 0 Å². The van der Waals surface area contributed by atoms with Crippen LogP contribution in [0, 0.1) is 6.92 Å². The fourth-order valence-corrected chi connectivity index (χ4v) is 1.82. The molecule has 0 fully saturated rings. The third kappa shape index (κ3) is 2.45. The molecule has 0 atom stereocenters. The SMILES string of the molecule is CCOC(=O)CN1C(=O)COc2cc(C)ccc21. The van der Waals surface area contributed by atoms with E-state index >= 15 is 0 Å². The molecule has 1 aliphatic rings. The minimum Gasteiger partial charge on any atom is -0.482 e. The predicted molar refractivity (Wildman–Crippen MR) is 65.7 cm³/mol. The van der Waals surface area contributed by atoms with Crippen molar-refractivity contribution >= 4 is 17.6 Å². The number of nitrogens with zero attached hydrogens (tertiary/aromatic N) is 1. The Balaban J connectivity index is 2.25. The van der Waals surface area contributed by atoms with Crippen LogP contribution in [0.3, 0.4) is 0 Å². The zero-order chi connectivity index (χ0) is 13.1. The Hall–Kier alpha value is -2.04. The number of esters is 1. The molecule has 0 spiro atoms. The molecule has 1 aromatic rings. The van der Waals surface area contributed by atoms with Crippen molar-refractivity contribution in [3.05, 3.63) is 23.8 Å². The summed E-state index contributed by atoms with van der Waals surface area (Å²) in [7, 11) is 0. The summed E-state index contributed by atoms with van der Waals surface area (Å²) in [5, 5.41) is 0. The summed E-state index contributed by atoms with van der Waals surface area (Å²) in [5.41, 5.74) is 1.66. The Kier molecular flexibility index (Phi) is 3.50. The van der Waals surface area contributed by atoms with Crippen molar-refractivity contribution in [1.82, 2.24) is 0 Å². The van der Waals surface area contributed by atoms with E-state index in [4.69, 9.17) is 9.47 Å². The highest BCUT2D eigenvalue weighted by Gasteiger charge is 2.27. The van der Waals surface area contributed by atoms with Crippen LogP contribution < -0.4 is 9.64 Å². The van der Waals surface area contributed by atoms with E-state index < -0.39 is 5.97 Å². The van der Waals surface area contributed by atoms with Crippen molar-refractivity contribution in [1.29, 1.82) is 0 Å². The molecule has 5 heteroatoms. The van der Waals surface area contributed by atoms with Gasteiger partial charge in [0.05, 0.1) is 12.3 Å². The van der Waals surface area contributed by atoms with Gasteiger partial charge in [0.15, 0.2) is 6.61 Å². The van der Waals surface area contributed by atoms with Gasteiger partial charge in [-0.25, -0.2) is 0 Å². The molecule has 0 saturated carbocycles. The van der Waals surface area contributed by atoms with Crippen LogP contribution >= 0.6 is 0 Å². The average molecular weight is 249 g/mol. The molecular formula is C13H15NO4. The van der Waals surface area contributed by atoms with Crippen LogP contribution in [0.2, 0.25) is 0 Å². The smallest absolute Gasteiger partial charge is 0.326 e. The number of carbonyl (C=O) groups is 2. The topological polar surface area (TPSA) is 55.8 Å². The zero-order valence-electron chi connectivity index (χ0n) is 10.4. The van der Waals surface area contributed by atoms with Crippen molar-refractivity contribution in [2.45, 2.75) is 13.8 Å². The van der Waals surface area contributed by atoms with Crippen molar-refractivity contribution in [2.24, 2.45) is 0 Å². The lowest BCUT2D eigenvalue weighted by molar-refractivity contribution is -0.142. The first-order valence-electron chi connectivity index (χ1n) is 5.81. The van der Waals surface area contributed by atoms with Crippen LogP contribution in [0.15, 0.2) is 18.2 Å². The van der Waals surface area contributed by atoms with Crippen LogP contribution in [0.25, 0.3) is 0 Å². The second-order valence-corrected chi connectivity index (χ2v) is 4.04. The summed E-state index contributed by atoms with van der Waals surface area (Å²) in [6.45, 7) is 3.85. The van der Waals surface area contributed by atoms with Gasteiger partial charge in [0.1, 0.15) is 12.3 Å². The summed E-state index contributed by atoms with van der Waals surface area (Å²) in [5.74, 6) is -0.0300. The molecule has 1 heterocycles. The zero-order valence-corrected chi connectivity index (χ0v) is 10.4. The van der Waals surface area contributed by atoms with Crippen LogP contribution in [0.5, 0.6) is 5.75 Å². The van der Waals surface area contributed by atoms with E-state index in [9.17, 15) is 9.59 Å². The summed E-state index contributed by atoms with van der Waals surface area (Å²) in [6.07, 6.45) is 0. The number of aryl methyl sites for hydroxylation is 1. The first-order valence-corrected chi connectivity index (χ1v) is 5.81. The van der Waals surface area contributed by atoms with E-state index in [0.717, 1.165) is 5.56 Å². The highest BCUT2D eigenvalue weighted by molar-refractivity contribution is 6.01. The van der Waals surface area contributed by atoms with Gasteiger partial charge >= 0.3 is 5.97 Å². The van der Waals surface area contributed by atoms with E-state index in [1.807, 2.05) is 19.1 Å². The van der Waals surface area contributed by atoms with Gasteiger partial charge in [-0.3, -0.25) is 14.5 Å². The Bertz CT molecular complexity index is 484. The maximum atomic E-state index is 11.8. The molecule has 2 rings (SSSR count). The number of amides is 1. The second kappa shape index (κ2) is 5.08. The summed E-state index contributed by atoms with van der Waals surface area (Å²) in [6, 6.07) is 5.50. The number of carbonyl (C=O) groups excluding carboxylic acids is 2. The number of ether oxygens (including phenoxy) is 2. The van der Waals surface area contributed by atoms with Gasteiger partial charge in [-0.1, -0.05) is 6.07 Å². The lowest BCUT2D eigenvalue weighted by atomic mass is 10.1. The molecular weight excluding hydrogens is 234 g/mol. The van der Waals surface area contributed by atoms with E-state index in [-0.39, 0.29) is 19.1 Å². The van der Waals surface area contributed by atoms with Crippen LogP contribution in [0.1, 0.15) is 12.5 Å². The fraction of sp³-hybridized carbons (Fsp3) is 0.385. The second-order valence-electron chi connectivity index (χ2n) is 4.04. The highest BCUT2D eigenvalue weighted by atomic mass is 16.5. The molecule has 0 radical (unpaired) electrons. The third-order valence-electron chi connectivity index (χ3n) is 2.65. The summed E-state index contributed by atoms with van der Waals surface area (Å²) >= 11 is 0. The molecule has 1 amide bonds. The van der Waals surface area contributed by atoms with Gasteiger partial charge in [0, 0.05) is 0 Å². The monoisotopic (exact) mass is 249 g/mol. The standard InChI is InChI=1S/C13H15NO4/c1-3-17-13(16)7-14-10-5-4-9(2)6-11(10)18-8-12(14)15/h4-6H,3,7-8H2,1-2H3. The Morgan fingerprint density at radius 3 is 3.00 bits per heavy atom. The predicted octanol–water partition coefficient (Wildman–Crippen LogP) is 1.28. The van der Waals surface area contributed by atoms with Crippen molar-refractivity contribution < 1.29 is 19.1 Å². The molecule has 0 N–H and O–H groups in total. The first kappa shape index (κ1) is 12.4. The quantitative estimate of drug-likeness (QED) is 0.757. The number of hydrogen-bond donors (Lipinski definition) is 0. The van der Waals surface area contributed by atoms with Crippen LogP contribution in [0.4, 0.5) is 5.69 Å². The number of benzene rings is 1. The molecule has 1 aromatic carbocycles. The summed E-state index contributed by atoms with van der Waals surface area (Å²) in [4.78, 5) is 24.7. The van der Waals surface area contributed by atoms with Gasteiger partial charge in [-0.2, -0.15) is 0 Å². The minimum absolute atomic E-state index is 0.0458. The maximum absolute atomic E-state index is 11.8. The average Bonchev–Trinajstić information content (AvgIpc) is 2.33. The largest absolute Gasteiger partial charge is 0.482 e. The molecule has 18 heavy (non-hydrogen) atoms. The molecule has 0 aliphatic carbocycles. The molecule has 0 unspecified atom stereocenters. The Morgan fingerprint density at radius 1 is 1.50 bits per heavy atom. The van der Waals surface area contributed by atoms with E-state index in [0.29, 0.717) is 18.0 Å². The lowest BCUT2D eigenvalue weighted by Crippen LogP contribution is -2.42. The summed E-state index contributed by atoms with van der Waals surface area (Å²) < 4.78 is 10.2. The van der Waals surface area contributed by atoms with Gasteiger partial charge in [-0.15, -0.1) is 0 Å². The van der Waals surface area contributed by atoms with Crippen LogP contribution in [-0.2, 0) is 14.3 Å². The van der Waals surface area contributed by atoms with Crippen molar-refractivity contribution in [3.63, 3.8) is 0 Å². The van der Waals surface area contributed by atoms with Crippen molar-refractivity contribution in [3.8, 4) is 5.75 Å². The molecule has 96 valence electrons. The fourth-order valence-electron chi connectivity index (χ4n) is 1.82. The normalized spacial score (nSPS) is 13.9. The molecule has 5 nitrogen and oxygen atoms in total. The van der Waals surface area contributed by atoms with Gasteiger partial charge in [-0.05, 0) is 31.5 Å². The number of rotatable bonds is 3. The third-order valence-corrected chi connectivity index (χ3v) is 2.65. The van der Waals surface area contributed by atoms with E-state index in [2.05, 4.69) is 0 Å². The van der Waals surface area contributed by atoms with Crippen LogP contribution in [-0.4, -0.2) is 31.6 Å². The first-order chi connectivity index (χ1) is 8.61. The molecule has 0 saturated heterocycles. The van der Waals surface area contributed by atoms with E-state index in [1.54, 1.807) is 13.0 Å². The van der Waals surface area contributed by atoms with Gasteiger partial charge in [0.25, 0.3) is 5.91 Å². The lowest BCUT2D eigenvalue weighted by Gasteiger charge is -2.28. The minimum atomic E-state index is -0.417. The molecule has 0 bridgehead atoms. The number of fused-ring (bicyclic) bond motifs is 1. The Morgan fingerprint density at radius 2 is 2.28 bits per heavy atom. The van der Waals surface area contributed by atoms with Crippen molar-refractivity contribution in [2.75, 3.05) is 24.7 Å². The van der Waals surface area contributed by atoms with E-state index in [1.165, 1.54) is 4.90 Å². The maximum Gasteiger partial charge on any atom is 0.326 e.